The normalized spacial score (nSPS) is 13.7. The molecule has 3 rings (SSSR count). The number of hydrogen-bond donors (Lipinski definition) is 2. The lowest BCUT2D eigenvalue weighted by molar-refractivity contribution is -0.263. The molecule has 0 saturated carbocycles. The van der Waals surface area contributed by atoms with Crippen molar-refractivity contribution in [2.45, 2.75) is 18.7 Å². The van der Waals surface area contributed by atoms with Crippen molar-refractivity contribution < 1.29 is 27.6 Å². The zero-order chi connectivity index (χ0) is 21.2. The smallest absolute Gasteiger partial charge is 0.375 e. The maximum atomic E-state index is 13.6. The second-order valence-electron chi connectivity index (χ2n) is 6.35. The Morgan fingerprint density at radius 3 is 2.38 bits per heavy atom. The molecular weight excluding hydrogens is 409 g/mol. The van der Waals surface area contributed by atoms with Gasteiger partial charge in [0.15, 0.2) is 0 Å². The zero-order valence-electron chi connectivity index (χ0n) is 15.1. The maximum absolute atomic E-state index is 13.6. The number of amides is 1. The molecule has 0 unspecified atom stereocenters. The van der Waals surface area contributed by atoms with Gasteiger partial charge >= 0.3 is 6.18 Å². The number of carbonyl (C=O) groups is 1. The van der Waals surface area contributed by atoms with E-state index in [1.807, 2.05) is 0 Å². The molecule has 2 aromatic carbocycles. The lowest BCUT2D eigenvalue weighted by Gasteiger charge is -2.31. The van der Waals surface area contributed by atoms with Crippen molar-refractivity contribution >= 4 is 17.5 Å². The summed E-state index contributed by atoms with van der Waals surface area (Å²) in [6.45, 7) is 0.362. The number of nitrogens with one attached hydrogen (secondary N) is 1. The maximum Gasteiger partial charge on any atom is 0.423 e. The summed E-state index contributed by atoms with van der Waals surface area (Å²) < 4.78 is 45.9. The van der Waals surface area contributed by atoms with Crippen LogP contribution in [-0.4, -0.2) is 28.9 Å². The highest BCUT2D eigenvalue weighted by Gasteiger charge is 2.55. The van der Waals surface area contributed by atoms with Gasteiger partial charge in [-0.2, -0.15) is 13.2 Å². The van der Waals surface area contributed by atoms with Crippen LogP contribution >= 0.6 is 11.6 Å². The number of halogens is 4. The topological polar surface area (TPSA) is 75.4 Å². The summed E-state index contributed by atoms with van der Waals surface area (Å²) >= 11 is 6.13. The van der Waals surface area contributed by atoms with E-state index in [9.17, 15) is 23.1 Å². The second-order valence-corrected chi connectivity index (χ2v) is 6.76. The molecule has 0 spiro atoms. The van der Waals surface area contributed by atoms with Gasteiger partial charge in [-0.15, -0.1) is 0 Å². The number of carbonyl (C=O) groups excluding carboxylic acids is 1. The molecule has 5 nitrogen and oxygen atoms in total. The van der Waals surface area contributed by atoms with Crippen LogP contribution in [-0.2, 0) is 5.60 Å². The lowest BCUT2D eigenvalue weighted by Crippen LogP contribution is -2.51. The minimum atomic E-state index is -5.02. The second kappa shape index (κ2) is 7.88. The Balaban J connectivity index is 1.91. The SMILES string of the molecule is Cc1onc(-c2ccccc2Cl)c1C(=O)NC[C@@](O)(c1ccccc1)C(F)(F)F. The fourth-order valence-corrected chi connectivity index (χ4v) is 3.08. The molecule has 2 N–H and O–H groups in total. The average Bonchev–Trinajstić information content (AvgIpc) is 3.07. The quantitative estimate of drug-likeness (QED) is 0.633. The van der Waals surface area contributed by atoms with Crippen LogP contribution in [0.2, 0.25) is 5.02 Å². The molecule has 0 fully saturated rings. The highest BCUT2D eigenvalue weighted by atomic mass is 35.5. The monoisotopic (exact) mass is 424 g/mol. The summed E-state index contributed by atoms with van der Waals surface area (Å²) in [7, 11) is 0. The predicted octanol–water partition coefficient (Wildman–Crippen LogP) is 4.48. The number of aryl methyl sites for hydroxylation is 1. The van der Waals surface area contributed by atoms with Crippen molar-refractivity contribution in [3.05, 3.63) is 76.5 Å². The molecule has 1 aromatic heterocycles. The van der Waals surface area contributed by atoms with Crippen LogP contribution in [0.5, 0.6) is 0 Å². The van der Waals surface area contributed by atoms with E-state index in [1.54, 1.807) is 24.3 Å². The molecule has 0 bridgehead atoms. The number of aromatic nitrogens is 1. The predicted molar refractivity (Wildman–Crippen MR) is 100 cm³/mol. The van der Waals surface area contributed by atoms with E-state index in [0.717, 1.165) is 12.1 Å². The van der Waals surface area contributed by atoms with Crippen LogP contribution in [0.3, 0.4) is 0 Å². The van der Waals surface area contributed by atoms with Crippen molar-refractivity contribution in [3.8, 4) is 11.3 Å². The van der Waals surface area contributed by atoms with Crippen molar-refractivity contribution in [2.24, 2.45) is 0 Å². The summed E-state index contributed by atoms with van der Waals surface area (Å²) in [5, 5.41) is 16.6. The fourth-order valence-electron chi connectivity index (χ4n) is 2.85. The Morgan fingerprint density at radius 1 is 1.14 bits per heavy atom. The van der Waals surface area contributed by atoms with Gasteiger partial charge in [-0.3, -0.25) is 4.79 Å². The molecule has 1 atom stereocenters. The Labute approximate surface area is 169 Å². The average molecular weight is 425 g/mol. The number of hydrogen-bond acceptors (Lipinski definition) is 4. The number of alkyl halides is 3. The number of rotatable bonds is 5. The Hall–Kier alpha value is -2.84. The first-order valence-corrected chi connectivity index (χ1v) is 8.87. The number of nitrogens with zero attached hydrogens (tertiary/aromatic N) is 1. The molecule has 29 heavy (non-hydrogen) atoms. The highest BCUT2D eigenvalue weighted by Crippen LogP contribution is 2.38. The molecule has 1 amide bonds. The van der Waals surface area contributed by atoms with Crippen LogP contribution in [0.4, 0.5) is 13.2 Å². The third kappa shape index (κ3) is 3.99. The number of benzene rings is 2. The van der Waals surface area contributed by atoms with Gasteiger partial charge < -0.3 is 14.9 Å². The van der Waals surface area contributed by atoms with E-state index < -0.39 is 24.2 Å². The minimum absolute atomic E-state index is 0.0595. The van der Waals surface area contributed by atoms with Crippen LogP contribution in [0.15, 0.2) is 59.1 Å². The van der Waals surface area contributed by atoms with Gasteiger partial charge in [0.05, 0.1) is 11.6 Å². The molecule has 1 heterocycles. The number of aliphatic hydroxyl groups is 1. The Morgan fingerprint density at radius 2 is 1.76 bits per heavy atom. The molecule has 3 aromatic rings. The highest BCUT2D eigenvalue weighted by molar-refractivity contribution is 6.33. The van der Waals surface area contributed by atoms with Gasteiger partial charge in [0, 0.05) is 5.56 Å². The van der Waals surface area contributed by atoms with Crippen LogP contribution in [0.1, 0.15) is 21.7 Å². The summed E-state index contributed by atoms with van der Waals surface area (Å²) in [5.74, 6) is -0.773. The molecule has 9 heteroatoms. The third-order valence-electron chi connectivity index (χ3n) is 4.44. The van der Waals surface area contributed by atoms with E-state index in [2.05, 4.69) is 10.5 Å². The summed E-state index contributed by atoms with van der Waals surface area (Å²) in [6.07, 6.45) is -5.02. The van der Waals surface area contributed by atoms with Crippen molar-refractivity contribution in [1.29, 1.82) is 0 Å². The molecule has 0 aliphatic heterocycles. The van der Waals surface area contributed by atoms with Crippen LogP contribution in [0.25, 0.3) is 11.3 Å². The summed E-state index contributed by atoms with van der Waals surface area (Å²) in [4.78, 5) is 12.7. The minimum Gasteiger partial charge on any atom is -0.375 e. The zero-order valence-corrected chi connectivity index (χ0v) is 15.9. The largest absolute Gasteiger partial charge is 0.423 e. The van der Waals surface area contributed by atoms with Gasteiger partial charge in [-0.05, 0) is 18.6 Å². The fraction of sp³-hybridized carbons (Fsp3) is 0.200. The van der Waals surface area contributed by atoms with E-state index in [1.165, 1.54) is 25.1 Å². The van der Waals surface area contributed by atoms with Crippen LogP contribution in [0, 0.1) is 6.92 Å². The first-order chi connectivity index (χ1) is 13.6. The lowest BCUT2D eigenvalue weighted by atomic mass is 9.92. The summed E-state index contributed by atoms with van der Waals surface area (Å²) in [5.41, 5.74) is -3.22. The molecule has 152 valence electrons. The first kappa shape index (κ1) is 20.9. The van der Waals surface area contributed by atoms with Gasteiger partial charge in [0.25, 0.3) is 5.91 Å². The van der Waals surface area contributed by atoms with Crippen molar-refractivity contribution in [1.82, 2.24) is 10.5 Å². The molecule has 0 aliphatic rings. The molecular formula is C20H16ClF3N2O3. The van der Waals surface area contributed by atoms with Crippen molar-refractivity contribution in [3.63, 3.8) is 0 Å². The van der Waals surface area contributed by atoms with Gasteiger partial charge in [0.2, 0.25) is 5.60 Å². The Bertz CT molecular complexity index is 1020. The molecule has 0 aliphatic carbocycles. The third-order valence-corrected chi connectivity index (χ3v) is 4.77. The van der Waals surface area contributed by atoms with Crippen molar-refractivity contribution in [2.75, 3.05) is 6.54 Å². The van der Waals surface area contributed by atoms with Crippen LogP contribution < -0.4 is 5.32 Å². The van der Waals surface area contributed by atoms with E-state index in [4.69, 9.17) is 16.1 Å². The molecule has 0 saturated heterocycles. The first-order valence-electron chi connectivity index (χ1n) is 8.49. The standard InChI is InChI=1S/C20H16ClF3N2O3/c1-12-16(17(26-29-12)14-9-5-6-10-15(14)21)18(27)25-11-19(28,20(22,23)24)13-7-3-2-4-8-13/h2-10,28H,11H2,1H3,(H,25,27)/t19-/m1/s1. The molecule has 0 radical (unpaired) electrons. The van der Waals surface area contributed by atoms with Gasteiger partial charge in [-0.25, -0.2) is 0 Å². The van der Waals surface area contributed by atoms with E-state index >= 15 is 0 Å². The van der Waals surface area contributed by atoms with Gasteiger partial charge in [-0.1, -0.05) is 65.3 Å². The van der Waals surface area contributed by atoms with E-state index in [-0.39, 0.29) is 22.6 Å². The van der Waals surface area contributed by atoms with Gasteiger partial charge in [0.1, 0.15) is 17.0 Å². The van der Waals surface area contributed by atoms with E-state index in [0.29, 0.717) is 10.6 Å². The Kier molecular flexibility index (Phi) is 5.68. The summed E-state index contributed by atoms with van der Waals surface area (Å²) in [6, 6.07) is 13.1.